The molecule has 0 bridgehead atoms. The Balaban J connectivity index is 1.82. The molecular formula is C19H13BrFNO4. The molecule has 1 heterocycles. The van der Waals surface area contributed by atoms with E-state index in [1.165, 1.54) is 30.3 Å². The van der Waals surface area contributed by atoms with Crippen LogP contribution in [0.1, 0.15) is 22.2 Å². The number of hydrogen-bond acceptors (Lipinski definition) is 4. The van der Waals surface area contributed by atoms with Gasteiger partial charge in [-0.05, 0) is 52.3 Å². The molecule has 1 N–H and O–H groups in total. The molecule has 5 nitrogen and oxygen atoms in total. The van der Waals surface area contributed by atoms with Crippen molar-refractivity contribution in [3.8, 4) is 0 Å². The first-order chi connectivity index (χ1) is 12.5. The van der Waals surface area contributed by atoms with E-state index in [9.17, 15) is 14.0 Å². The quantitative estimate of drug-likeness (QED) is 0.609. The molecule has 3 aromatic rings. The zero-order valence-electron chi connectivity index (χ0n) is 13.3. The normalized spacial score (nSPS) is 11.6. The van der Waals surface area contributed by atoms with Gasteiger partial charge in [0, 0.05) is 11.3 Å². The number of esters is 1. The summed E-state index contributed by atoms with van der Waals surface area (Å²) in [5.41, 5.74) is 0.875. The highest BCUT2D eigenvalue weighted by Crippen LogP contribution is 2.23. The largest absolute Gasteiger partial charge is 0.442 e. The SMILES string of the molecule is O=C(O[C@@H](C(=O)Nc1ccc(F)cc1)c1ccccc1)c1ccc(Br)o1. The Kier molecular flexibility index (Phi) is 5.48. The van der Waals surface area contributed by atoms with Gasteiger partial charge >= 0.3 is 5.97 Å². The second kappa shape index (κ2) is 7.97. The summed E-state index contributed by atoms with van der Waals surface area (Å²) in [6.07, 6.45) is -1.20. The number of anilines is 1. The summed E-state index contributed by atoms with van der Waals surface area (Å²) in [6.45, 7) is 0. The third-order valence-electron chi connectivity index (χ3n) is 3.45. The van der Waals surface area contributed by atoms with Crippen molar-refractivity contribution in [2.24, 2.45) is 0 Å². The van der Waals surface area contributed by atoms with E-state index in [0.29, 0.717) is 15.9 Å². The number of carbonyl (C=O) groups is 2. The van der Waals surface area contributed by atoms with Crippen LogP contribution in [-0.4, -0.2) is 11.9 Å². The third kappa shape index (κ3) is 4.37. The van der Waals surface area contributed by atoms with E-state index >= 15 is 0 Å². The summed E-state index contributed by atoms with van der Waals surface area (Å²) in [7, 11) is 0. The highest BCUT2D eigenvalue weighted by atomic mass is 79.9. The zero-order valence-corrected chi connectivity index (χ0v) is 14.9. The summed E-state index contributed by atoms with van der Waals surface area (Å²) in [4.78, 5) is 24.9. The number of nitrogens with one attached hydrogen (secondary N) is 1. The summed E-state index contributed by atoms with van der Waals surface area (Å²) in [5.74, 6) is -1.80. The molecule has 0 aliphatic heterocycles. The number of amides is 1. The Morgan fingerprint density at radius 1 is 1.00 bits per heavy atom. The number of halogens is 2. The van der Waals surface area contributed by atoms with Crippen LogP contribution in [0.15, 0.2) is 75.8 Å². The molecule has 0 fully saturated rings. The zero-order chi connectivity index (χ0) is 18.5. The fraction of sp³-hybridized carbons (Fsp3) is 0.0526. The highest BCUT2D eigenvalue weighted by molar-refractivity contribution is 9.10. The van der Waals surface area contributed by atoms with Gasteiger partial charge in [-0.2, -0.15) is 0 Å². The first kappa shape index (κ1) is 17.9. The molecule has 0 aliphatic rings. The summed E-state index contributed by atoms with van der Waals surface area (Å²) in [6, 6.07) is 16.8. The third-order valence-corrected chi connectivity index (χ3v) is 3.88. The minimum atomic E-state index is -1.20. The van der Waals surface area contributed by atoms with Crippen LogP contribution in [0.2, 0.25) is 0 Å². The van der Waals surface area contributed by atoms with E-state index in [1.54, 1.807) is 36.4 Å². The lowest BCUT2D eigenvalue weighted by Gasteiger charge is -2.17. The van der Waals surface area contributed by atoms with Gasteiger partial charge in [0.15, 0.2) is 4.67 Å². The second-order valence-electron chi connectivity index (χ2n) is 5.30. The van der Waals surface area contributed by atoms with Crippen LogP contribution in [0.25, 0.3) is 0 Å². The topological polar surface area (TPSA) is 68.5 Å². The van der Waals surface area contributed by atoms with Crippen molar-refractivity contribution < 1.29 is 23.1 Å². The maximum Gasteiger partial charge on any atom is 0.375 e. The van der Waals surface area contributed by atoms with Crippen molar-refractivity contribution >= 4 is 33.5 Å². The van der Waals surface area contributed by atoms with Gasteiger partial charge in [-0.15, -0.1) is 0 Å². The lowest BCUT2D eigenvalue weighted by molar-refractivity contribution is -0.125. The van der Waals surface area contributed by atoms with Crippen LogP contribution in [0, 0.1) is 5.82 Å². The van der Waals surface area contributed by atoms with E-state index in [4.69, 9.17) is 9.15 Å². The van der Waals surface area contributed by atoms with Crippen LogP contribution in [0.3, 0.4) is 0 Å². The fourth-order valence-corrected chi connectivity index (χ4v) is 2.54. The summed E-state index contributed by atoms with van der Waals surface area (Å²) >= 11 is 3.11. The van der Waals surface area contributed by atoms with Crippen LogP contribution >= 0.6 is 15.9 Å². The maximum atomic E-state index is 13.0. The molecule has 1 amide bonds. The average Bonchev–Trinajstić information content (AvgIpc) is 3.08. The molecule has 2 aromatic carbocycles. The Hall–Kier alpha value is -2.93. The predicted octanol–water partition coefficient (Wildman–Crippen LogP) is 4.72. The fourth-order valence-electron chi connectivity index (χ4n) is 2.23. The van der Waals surface area contributed by atoms with Crippen LogP contribution < -0.4 is 5.32 Å². The van der Waals surface area contributed by atoms with Crippen molar-refractivity contribution in [1.82, 2.24) is 0 Å². The van der Waals surface area contributed by atoms with Crippen LogP contribution in [0.5, 0.6) is 0 Å². The molecule has 7 heteroatoms. The minimum absolute atomic E-state index is 0.0348. The number of rotatable bonds is 5. The lowest BCUT2D eigenvalue weighted by atomic mass is 10.1. The smallest absolute Gasteiger partial charge is 0.375 e. The number of benzene rings is 2. The molecule has 0 saturated heterocycles. The Morgan fingerprint density at radius 3 is 2.31 bits per heavy atom. The molecule has 1 aromatic heterocycles. The Morgan fingerprint density at radius 2 is 1.69 bits per heavy atom. The number of furan rings is 1. The molecule has 1 atom stereocenters. The van der Waals surface area contributed by atoms with Crippen molar-refractivity contribution in [3.63, 3.8) is 0 Å². The van der Waals surface area contributed by atoms with Gasteiger partial charge in [-0.3, -0.25) is 4.79 Å². The van der Waals surface area contributed by atoms with Gasteiger partial charge in [0.25, 0.3) is 5.91 Å². The van der Waals surface area contributed by atoms with Crippen molar-refractivity contribution in [2.75, 3.05) is 5.32 Å². The van der Waals surface area contributed by atoms with Gasteiger partial charge < -0.3 is 14.5 Å². The molecule has 0 aliphatic carbocycles. The van der Waals surface area contributed by atoms with Gasteiger partial charge in [-0.1, -0.05) is 30.3 Å². The second-order valence-corrected chi connectivity index (χ2v) is 6.08. The van der Waals surface area contributed by atoms with Crippen molar-refractivity contribution in [2.45, 2.75) is 6.10 Å². The Labute approximate surface area is 156 Å². The minimum Gasteiger partial charge on any atom is -0.442 e. The van der Waals surface area contributed by atoms with Crippen LogP contribution in [0.4, 0.5) is 10.1 Å². The molecule has 0 unspecified atom stereocenters. The predicted molar refractivity (Wildman–Crippen MR) is 96.0 cm³/mol. The number of hydrogen-bond donors (Lipinski definition) is 1. The van der Waals surface area contributed by atoms with E-state index < -0.39 is 23.8 Å². The standard InChI is InChI=1S/C19H13BrFNO4/c20-16-11-10-15(25-16)19(24)26-17(12-4-2-1-3-5-12)18(23)22-14-8-6-13(21)7-9-14/h1-11,17H,(H,22,23)/t17-/m1/s1. The maximum absolute atomic E-state index is 13.0. The monoisotopic (exact) mass is 417 g/mol. The van der Waals surface area contributed by atoms with E-state index in [1.807, 2.05) is 0 Å². The molecular weight excluding hydrogens is 405 g/mol. The molecule has 26 heavy (non-hydrogen) atoms. The molecule has 0 saturated carbocycles. The van der Waals surface area contributed by atoms with Crippen molar-refractivity contribution in [1.29, 1.82) is 0 Å². The summed E-state index contributed by atoms with van der Waals surface area (Å²) in [5, 5.41) is 2.61. The van der Waals surface area contributed by atoms with Gasteiger partial charge in [0.05, 0.1) is 0 Å². The molecule has 3 rings (SSSR count). The number of carbonyl (C=O) groups excluding carboxylic acids is 2. The first-order valence-corrected chi connectivity index (χ1v) is 8.40. The van der Waals surface area contributed by atoms with E-state index in [-0.39, 0.29) is 5.76 Å². The molecule has 0 radical (unpaired) electrons. The van der Waals surface area contributed by atoms with Gasteiger partial charge in [0.1, 0.15) is 5.82 Å². The van der Waals surface area contributed by atoms with Crippen molar-refractivity contribution in [3.05, 3.63) is 88.5 Å². The van der Waals surface area contributed by atoms with Crippen LogP contribution in [-0.2, 0) is 9.53 Å². The molecule has 132 valence electrons. The van der Waals surface area contributed by atoms with Gasteiger partial charge in [0.2, 0.25) is 11.9 Å². The first-order valence-electron chi connectivity index (χ1n) is 7.60. The van der Waals surface area contributed by atoms with E-state index in [2.05, 4.69) is 21.2 Å². The molecule has 0 spiro atoms. The highest BCUT2D eigenvalue weighted by Gasteiger charge is 2.27. The lowest BCUT2D eigenvalue weighted by Crippen LogP contribution is -2.25. The van der Waals surface area contributed by atoms with Gasteiger partial charge in [-0.25, -0.2) is 9.18 Å². The average molecular weight is 418 g/mol. The Bertz CT molecular complexity index is 909. The van der Waals surface area contributed by atoms with E-state index in [0.717, 1.165) is 0 Å². The number of ether oxygens (including phenoxy) is 1. The summed E-state index contributed by atoms with van der Waals surface area (Å²) < 4.78 is 23.9.